The van der Waals surface area contributed by atoms with Crippen LogP contribution >= 0.6 is 11.6 Å². The average Bonchev–Trinajstić information content (AvgIpc) is 3.12. The van der Waals surface area contributed by atoms with Gasteiger partial charge in [-0.15, -0.1) is 0 Å². The van der Waals surface area contributed by atoms with Crippen molar-refractivity contribution in [3.05, 3.63) is 76.0 Å². The van der Waals surface area contributed by atoms with Gasteiger partial charge in [0.25, 0.3) is 5.91 Å². The number of ether oxygens (including phenoxy) is 1. The van der Waals surface area contributed by atoms with E-state index in [2.05, 4.69) is 10.5 Å². The van der Waals surface area contributed by atoms with Gasteiger partial charge in [-0.25, -0.2) is 5.43 Å². The van der Waals surface area contributed by atoms with Crippen molar-refractivity contribution in [3.8, 4) is 17.1 Å². The molecule has 1 aromatic heterocycles. The zero-order valence-electron chi connectivity index (χ0n) is 16.0. The van der Waals surface area contributed by atoms with E-state index in [0.29, 0.717) is 22.3 Å². The van der Waals surface area contributed by atoms with Gasteiger partial charge in [0.05, 0.1) is 6.21 Å². The Bertz CT molecular complexity index is 1020. The minimum Gasteiger partial charge on any atom is -0.483 e. The number of hydrazone groups is 1. The molecular weight excluding hydrogens is 376 g/mol. The summed E-state index contributed by atoms with van der Waals surface area (Å²) >= 11 is 6.15. The van der Waals surface area contributed by atoms with E-state index < -0.39 is 0 Å². The highest BCUT2D eigenvalue weighted by Crippen LogP contribution is 2.26. The van der Waals surface area contributed by atoms with Gasteiger partial charge in [-0.3, -0.25) is 4.79 Å². The molecule has 0 spiro atoms. The molecule has 1 N–H and O–H groups in total. The highest BCUT2D eigenvalue weighted by Gasteiger charge is 2.07. The van der Waals surface area contributed by atoms with E-state index in [9.17, 15) is 4.79 Å². The summed E-state index contributed by atoms with van der Waals surface area (Å²) in [6.07, 6.45) is 1.44. The maximum atomic E-state index is 11.9. The topological polar surface area (TPSA) is 63.8 Å². The summed E-state index contributed by atoms with van der Waals surface area (Å²) in [7, 11) is 0. The molecule has 28 heavy (non-hydrogen) atoms. The average molecular weight is 397 g/mol. The molecule has 144 valence electrons. The Morgan fingerprint density at radius 2 is 1.93 bits per heavy atom. The number of carbonyl (C=O) groups excluding carboxylic acids is 1. The van der Waals surface area contributed by atoms with Gasteiger partial charge in [0.15, 0.2) is 6.61 Å². The lowest BCUT2D eigenvalue weighted by molar-refractivity contribution is -0.123. The number of amides is 1. The molecule has 0 radical (unpaired) electrons. The number of aryl methyl sites for hydroxylation is 3. The van der Waals surface area contributed by atoms with Crippen molar-refractivity contribution in [2.45, 2.75) is 20.8 Å². The van der Waals surface area contributed by atoms with E-state index in [4.69, 9.17) is 20.8 Å². The molecule has 6 heteroatoms. The Kier molecular flexibility index (Phi) is 6.16. The van der Waals surface area contributed by atoms with Crippen LogP contribution in [0.5, 0.6) is 5.75 Å². The summed E-state index contributed by atoms with van der Waals surface area (Å²) in [5.74, 6) is 1.51. The summed E-state index contributed by atoms with van der Waals surface area (Å²) in [6, 6.07) is 15.1. The largest absolute Gasteiger partial charge is 0.483 e. The second kappa shape index (κ2) is 8.76. The van der Waals surface area contributed by atoms with Crippen molar-refractivity contribution in [1.29, 1.82) is 0 Å². The maximum absolute atomic E-state index is 11.9. The van der Waals surface area contributed by atoms with Crippen LogP contribution < -0.4 is 10.2 Å². The minimum absolute atomic E-state index is 0.119. The first-order valence-electron chi connectivity index (χ1n) is 8.80. The first kappa shape index (κ1) is 19.7. The summed E-state index contributed by atoms with van der Waals surface area (Å²) in [5, 5.41) is 4.59. The van der Waals surface area contributed by atoms with Gasteiger partial charge in [0.2, 0.25) is 0 Å². The second-order valence-electron chi connectivity index (χ2n) is 6.52. The Hall–Kier alpha value is -3.05. The predicted molar refractivity (Wildman–Crippen MR) is 111 cm³/mol. The zero-order valence-corrected chi connectivity index (χ0v) is 16.7. The number of hydrogen-bond donors (Lipinski definition) is 1. The molecule has 0 aliphatic carbocycles. The van der Waals surface area contributed by atoms with Crippen LogP contribution in [0.2, 0.25) is 5.02 Å². The molecule has 0 unspecified atom stereocenters. The van der Waals surface area contributed by atoms with Crippen LogP contribution in [0.25, 0.3) is 11.3 Å². The normalized spacial score (nSPS) is 11.0. The molecule has 0 saturated heterocycles. The van der Waals surface area contributed by atoms with Crippen molar-refractivity contribution in [3.63, 3.8) is 0 Å². The quantitative estimate of drug-likeness (QED) is 0.468. The summed E-state index contributed by atoms with van der Waals surface area (Å²) in [4.78, 5) is 11.9. The van der Waals surface area contributed by atoms with E-state index in [1.807, 2.05) is 63.2 Å². The SMILES string of the molecule is Cc1ccc(OCC(=O)N/N=C\c2ccc(-c3ccc(C)c(Cl)c3)o2)c(C)c1. The lowest BCUT2D eigenvalue weighted by Crippen LogP contribution is -2.24. The van der Waals surface area contributed by atoms with Gasteiger partial charge >= 0.3 is 0 Å². The highest BCUT2D eigenvalue weighted by molar-refractivity contribution is 6.31. The molecule has 0 bridgehead atoms. The van der Waals surface area contributed by atoms with Gasteiger partial charge in [0, 0.05) is 10.6 Å². The Balaban J connectivity index is 1.53. The third kappa shape index (κ3) is 5.02. The smallest absolute Gasteiger partial charge is 0.277 e. The lowest BCUT2D eigenvalue weighted by Gasteiger charge is -2.08. The molecule has 3 rings (SSSR count). The fourth-order valence-electron chi connectivity index (χ4n) is 2.63. The number of hydrogen-bond acceptors (Lipinski definition) is 4. The van der Waals surface area contributed by atoms with E-state index in [-0.39, 0.29) is 12.5 Å². The van der Waals surface area contributed by atoms with E-state index in [1.165, 1.54) is 6.21 Å². The number of carbonyl (C=O) groups is 1. The molecule has 0 aliphatic rings. The standard InChI is InChI=1S/C22H21ClN2O3/c1-14-4-8-20(16(3)10-14)27-13-22(26)25-24-12-18-7-9-21(28-18)17-6-5-15(2)19(23)11-17/h4-12H,13H2,1-3H3,(H,25,26)/b24-12-. The Labute approximate surface area is 169 Å². The van der Waals surface area contributed by atoms with Gasteiger partial charge in [0.1, 0.15) is 17.3 Å². The summed E-state index contributed by atoms with van der Waals surface area (Å²) in [6.45, 7) is 5.77. The van der Waals surface area contributed by atoms with Gasteiger partial charge in [-0.2, -0.15) is 5.10 Å². The molecule has 2 aromatic carbocycles. The number of nitrogens with zero attached hydrogens (tertiary/aromatic N) is 1. The maximum Gasteiger partial charge on any atom is 0.277 e. The monoisotopic (exact) mass is 396 g/mol. The molecule has 1 heterocycles. The minimum atomic E-state index is -0.353. The summed E-state index contributed by atoms with van der Waals surface area (Å²) in [5.41, 5.74) is 6.43. The lowest BCUT2D eigenvalue weighted by atomic mass is 10.1. The van der Waals surface area contributed by atoms with Crippen LogP contribution in [-0.2, 0) is 4.79 Å². The Morgan fingerprint density at radius 1 is 1.11 bits per heavy atom. The van der Waals surface area contributed by atoms with Crippen molar-refractivity contribution < 1.29 is 13.9 Å². The number of benzene rings is 2. The molecule has 0 fully saturated rings. The van der Waals surface area contributed by atoms with Crippen LogP contribution in [0, 0.1) is 20.8 Å². The molecule has 0 aliphatic heterocycles. The van der Waals surface area contributed by atoms with Gasteiger partial charge < -0.3 is 9.15 Å². The first-order valence-corrected chi connectivity index (χ1v) is 9.18. The highest BCUT2D eigenvalue weighted by atomic mass is 35.5. The van der Waals surface area contributed by atoms with Crippen LogP contribution in [0.3, 0.4) is 0 Å². The van der Waals surface area contributed by atoms with Gasteiger partial charge in [-0.05, 0) is 56.2 Å². The van der Waals surface area contributed by atoms with Crippen LogP contribution in [0.1, 0.15) is 22.5 Å². The molecule has 5 nitrogen and oxygen atoms in total. The third-order valence-electron chi connectivity index (χ3n) is 4.15. The molecule has 0 saturated carbocycles. The summed E-state index contributed by atoms with van der Waals surface area (Å²) < 4.78 is 11.2. The zero-order chi connectivity index (χ0) is 20.1. The van der Waals surface area contributed by atoms with E-state index >= 15 is 0 Å². The van der Waals surface area contributed by atoms with Crippen LogP contribution in [0.15, 0.2) is 58.0 Å². The number of rotatable bonds is 6. The van der Waals surface area contributed by atoms with Crippen molar-refractivity contribution in [1.82, 2.24) is 5.43 Å². The molecule has 0 atom stereocenters. The molecule has 1 amide bonds. The number of nitrogens with one attached hydrogen (secondary N) is 1. The van der Waals surface area contributed by atoms with E-state index in [0.717, 1.165) is 22.3 Å². The first-order chi connectivity index (χ1) is 13.4. The second-order valence-corrected chi connectivity index (χ2v) is 6.92. The Morgan fingerprint density at radius 3 is 2.68 bits per heavy atom. The van der Waals surface area contributed by atoms with Crippen molar-refractivity contribution >= 4 is 23.7 Å². The molecule has 3 aromatic rings. The fraction of sp³-hybridized carbons (Fsp3) is 0.182. The fourth-order valence-corrected chi connectivity index (χ4v) is 2.81. The van der Waals surface area contributed by atoms with E-state index in [1.54, 1.807) is 6.07 Å². The molecular formula is C22H21ClN2O3. The van der Waals surface area contributed by atoms with Crippen molar-refractivity contribution in [2.24, 2.45) is 5.10 Å². The van der Waals surface area contributed by atoms with Crippen molar-refractivity contribution in [2.75, 3.05) is 6.61 Å². The third-order valence-corrected chi connectivity index (χ3v) is 4.56. The van der Waals surface area contributed by atoms with Crippen LogP contribution in [-0.4, -0.2) is 18.7 Å². The number of halogens is 1. The number of furan rings is 1. The van der Waals surface area contributed by atoms with Gasteiger partial charge in [-0.1, -0.05) is 41.4 Å². The predicted octanol–water partition coefficient (Wildman–Crippen LogP) is 5.05. The van der Waals surface area contributed by atoms with Crippen LogP contribution in [0.4, 0.5) is 0 Å².